The predicted octanol–water partition coefficient (Wildman–Crippen LogP) is 4.08. The molecule has 1 amide bonds. The van der Waals surface area contributed by atoms with Crippen LogP contribution in [0.3, 0.4) is 0 Å². The van der Waals surface area contributed by atoms with E-state index in [0.29, 0.717) is 45.1 Å². The molecule has 1 spiro atoms. The number of ether oxygens (including phenoxy) is 2. The third kappa shape index (κ3) is 5.75. The molecule has 236 valence electrons. The second-order valence-electron chi connectivity index (χ2n) is 13.2. The molecule has 11 heteroatoms. The molecule has 0 radical (unpaired) electrons. The largest absolute Gasteiger partial charge is 0.490 e. The molecule has 0 aromatic heterocycles. The van der Waals surface area contributed by atoms with Crippen molar-refractivity contribution >= 4 is 33.4 Å². The van der Waals surface area contributed by atoms with Gasteiger partial charge in [0.1, 0.15) is 5.75 Å². The lowest BCUT2D eigenvalue weighted by atomic mass is 9.68. The standard InChI is InChI=1S/C33H40ClN3O6S/c34-26-8-10-28-23(14-26)4-3-12-33(28)20-36-17-25-6-9-27(25)30(38)5-1-2-13-37(16-22-18-42-19-22)44(40,41)35-32(39)24-7-11-31(43-21-33)29(36)15-24/h1,5,7-8,10-11,14-15,22,25,27,30,38H,2-4,6,9,12-13,16-21H2,(H,35,39)/b5-1-/t25-,27+,30-,33-/m0/s1. The van der Waals surface area contributed by atoms with Crippen molar-refractivity contribution in [1.29, 1.82) is 0 Å². The maximum atomic E-state index is 13.5. The summed E-state index contributed by atoms with van der Waals surface area (Å²) < 4.78 is 42.4. The van der Waals surface area contributed by atoms with Crippen molar-refractivity contribution in [2.24, 2.45) is 17.8 Å². The Morgan fingerprint density at radius 3 is 2.77 bits per heavy atom. The summed E-state index contributed by atoms with van der Waals surface area (Å²) in [4.78, 5) is 15.8. The number of nitrogens with zero attached hydrogens (tertiary/aromatic N) is 2. The van der Waals surface area contributed by atoms with Crippen LogP contribution in [0.15, 0.2) is 48.6 Å². The van der Waals surface area contributed by atoms with E-state index in [-0.39, 0.29) is 41.8 Å². The summed E-state index contributed by atoms with van der Waals surface area (Å²) >= 11 is 6.40. The van der Waals surface area contributed by atoms with Crippen molar-refractivity contribution in [2.45, 2.75) is 50.0 Å². The van der Waals surface area contributed by atoms with Gasteiger partial charge in [-0.15, -0.1) is 0 Å². The molecule has 3 aliphatic heterocycles. The van der Waals surface area contributed by atoms with Gasteiger partial charge >= 0.3 is 10.2 Å². The summed E-state index contributed by atoms with van der Waals surface area (Å²) in [6, 6.07) is 11.4. The number of carbonyl (C=O) groups excluding carboxylic acids is 1. The average Bonchev–Trinajstić information content (AvgIpc) is 3.10. The minimum absolute atomic E-state index is 0.0871. The second kappa shape index (κ2) is 11.9. The second-order valence-corrected chi connectivity index (χ2v) is 15.3. The van der Waals surface area contributed by atoms with Crippen molar-refractivity contribution < 1.29 is 27.8 Å². The number of fused-ring (bicyclic) bond motifs is 4. The Balaban J connectivity index is 1.26. The molecule has 2 aromatic carbocycles. The van der Waals surface area contributed by atoms with Crippen LogP contribution < -0.4 is 14.4 Å². The van der Waals surface area contributed by atoms with Gasteiger partial charge in [0.15, 0.2) is 0 Å². The SMILES string of the molecule is O=C1NS(=O)(=O)N(CC2COC2)CC/C=C\[C@H](O)[C@@H]2CC[C@H]2CN2C[C@@]3(CCCc4cc(Cl)ccc43)COc3ccc1cc32. The number of rotatable bonds is 2. The lowest BCUT2D eigenvalue weighted by Gasteiger charge is -2.45. The molecule has 4 atom stereocenters. The Bertz CT molecular complexity index is 1560. The molecule has 2 bridgehead atoms. The smallest absolute Gasteiger partial charge is 0.304 e. The van der Waals surface area contributed by atoms with Crippen LogP contribution in [0.1, 0.15) is 53.6 Å². The van der Waals surface area contributed by atoms with E-state index in [1.54, 1.807) is 18.2 Å². The number of carbonyl (C=O) groups is 1. The summed E-state index contributed by atoms with van der Waals surface area (Å²) in [6.07, 6.45) is 8.41. The molecule has 1 saturated carbocycles. The molecule has 1 saturated heterocycles. The predicted molar refractivity (Wildman–Crippen MR) is 168 cm³/mol. The maximum absolute atomic E-state index is 13.5. The molecule has 2 aliphatic carbocycles. The van der Waals surface area contributed by atoms with Gasteiger partial charge in [0.05, 0.1) is 31.6 Å². The first-order valence-electron chi connectivity index (χ1n) is 15.8. The fraction of sp³-hybridized carbons (Fsp3) is 0.545. The summed E-state index contributed by atoms with van der Waals surface area (Å²) in [7, 11) is -4.12. The van der Waals surface area contributed by atoms with Gasteiger partial charge in [0, 0.05) is 48.1 Å². The Morgan fingerprint density at radius 1 is 1.14 bits per heavy atom. The van der Waals surface area contributed by atoms with E-state index >= 15 is 0 Å². The highest BCUT2D eigenvalue weighted by Crippen LogP contribution is 2.46. The van der Waals surface area contributed by atoms with Gasteiger partial charge in [-0.1, -0.05) is 29.8 Å². The first-order chi connectivity index (χ1) is 21.2. The van der Waals surface area contributed by atoms with E-state index in [4.69, 9.17) is 21.1 Å². The summed E-state index contributed by atoms with van der Waals surface area (Å²) in [5, 5.41) is 11.9. The van der Waals surface area contributed by atoms with Gasteiger partial charge in [-0.25, -0.2) is 4.72 Å². The van der Waals surface area contributed by atoms with Crippen LogP contribution in [0.5, 0.6) is 5.75 Å². The Hall–Kier alpha value is -2.63. The quantitative estimate of drug-likeness (QED) is 0.476. The van der Waals surface area contributed by atoms with Crippen LogP contribution in [-0.4, -0.2) is 75.8 Å². The summed E-state index contributed by atoms with van der Waals surface area (Å²) in [5.74, 6) is 0.472. The van der Waals surface area contributed by atoms with Crippen molar-refractivity contribution in [1.82, 2.24) is 9.03 Å². The minimum Gasteiger partial charge on any atom is -0.490 e. The number of anilines is 1. The molecular weight excluding hydrogens is 602 g/mol. The van der Waals surface area contributed by atoms with Crippen molar-refractivity contribution in [3.8, 4) is 5.75 Å². The highest BCUT2D eigenvalue weighted by molar-refractivity contribution is 7.87. The van der Waals surface area contributed by atoms with E-state index in [1.165, 1.54) is 15.4 Å². The zero-order chi connectivity index (χ0) is 30.5. The number of amides is 1. The third-order valence-corrected chi connectivity index (χ3v) is 12.0. The number of aliphatic hydroxyl groups is 1. The molecule has 0 unspecified atom stereocenters. The van der Waals surface area contributed by atoms with E-state index in [1.807, 2.05) is 18.2 Å². The van der Waals surface area contributed by atoms with Crippen molar-refractivity contribution in [3.63, 3.8) is 0 Å². The molecule has 2 fully saturated rings. The highest BCUT2D eigenvalue weighted by atomic mass is 35.5. The van der Waals surface area contributed by atoms with Gasteiger partial charge < -0.3 is 19.5 Å². The Kier molecular flexibility index (Phi) is 8.16. The van der Waals surface area contributed by atoms with Gasteiger partial charge in [-0.3, -0.25) is 4.79 Å². The zero-order valence-corrected chi connectivity index (χ0v) is 26.4. The van der Waals surface area contributed by atoms with E-state index in [9.17, 15) is 18.3 Å². The van der Waals surface area contributed by atoms with Gasteiger partial charge in [-0.2, -0.15) is 12.7 Å². The van der Waals surface area contributed by atoms with Crippen LogP contribution >= 0.6 is 11.6 Å². The van der Waals surface area contributed by atoms with Crippen molar-refractivity contribution in [2.75, 3.05) is 50.9 Å². The Morgan fingerprint density at radius 2 is 2.00 bits per heavy atom. The average molecular weight is 642 g/mol. The number of halogens is 1. The normalized spacial score (nSPS) is 31.4. The third-order valence-electron chi connectivity index (χ3n) is 10.3. The Labute approximate surface area is 264 Å². The fourth-order valence-electron chi connectivity index (χ4n) is 7.63. The monoisotopic (exact) mass is 641 g/mol. The molecule has 3 heterocycles. The first-order valence-corrected chi connectivity index (χ1v) is 17.6. The molecule has 9 nitrogen and oxygen atoms in total. The topological polar surface area (TPSA) is 108 Å². The number of aliphatic hydroxyl groups excluding tert-OH is 1. The molecule has 2 N–H and O–H groups in total. The van der Waals surface area contributed by atoms with Crippen LogP contribution in [0, 0.1) is 17.8 Å². The molecule has 44 heavy (non-hydrogen) atoms. The molecule has 7 rings (SSSR count). The maximum Gasteiger partial charge on any atom is 0.304 e. The van der Waals surface area contributed by atoms with Gasteiger partial charge in [0.2, 0.25) is 0 Å². The molecular formula is C33H40ClN3O6S. The van der Waals surface area contributed by atoms with E-state index in [2.05, 4.69) is 21.8 Å². The van der Waals surface area contributed by atoms with Crippen molar-refractivity contribution in [3.05, 3.63) is 70.3 Å². The summed E-state index contributed by atoms with van der Waals surface area (Å²) in [6.45, 7) is 3.35. The van der Waals surface area contributed by atoms with Crippen LogP contribution in [0.2, 0.25) is 5.02 Å². The number of aryl methyl sites for hydroxylation is 1. The lowest BCUT2D eigenvalue weighted by molar-refractivity contribution is -0.0382. The number of nitrogens with one attached hydrogen (secondary N) is 1. The molecule has 2 aromatic rings. The number of hydrogen-bond acceptors (Lipinski definition) is 7. The number of benzene rings is 2. The van der Waals surface area contributed by atoms with Crippen LogP contribution in [-0.2, 0) is 26.8 Å². The molecule has 5 aliphatic rings. The first kappa shape index (κ1) is 30.0. The highest BCUT2D eigenvalue weighted by Gasteiger charge is 2.44. The van der Waals surface area contributed by atoms with Gasteiger partial charge in [0.25, 0.3) is 5.91 Å². The fourth-order valence-corrected chi connectivity index (χ4v) is 9.06. The zero-order valence-electron chi connectivity index (χ0n) is 24.8. The van der Waals surface area contributed by atoms with Crippen LogP contribution in [0.4, 0.5) is 5.69 Å². The lowest BCUT2D eigenvalue weighted by Crippen LogP contribution is -2.49. The van der Waals surface area contributed by atoms with Crippen LogP contribution in [0.25, 0.3) is 0 Å². The number of hydrogen-bond donors (Lipinski definition) is 2. The van der Waals surface area contributed by atoms with Gasteiger partial charge in [-0.05, 0) is 91.8 Å². The summed E-state index contributed by atoms with van der Waals surface area (Å²) in [5.41, 5.74) is 3.27. The minimum atomic E-state index is -4.12. The van der Waals surface area contributed by atoms with E-state index in [0.717, 1.165) is 42.8 Å². The van der Waals surface area contributed by atoms with E-state index < -0.39 is 22.2 Å².